The third-order valence-electron chi connectivity index (χ3n) is 6.21. The van der Waals surface area contributed by atoms with Crippen LogP contribution in [0.5, 0.6) is 0 Å². The summed E-state index contributed by atoms with van der Waals surface area (Å²) in [5.41, 5.74) is 9.81. The van der Waals surface area contributed by atoms with Gasteiger partial charge in [0.15, 0.2) is 0 Å². The number of rotatable bonds is 3. The van der Waals surface area contributed by atoms with Crippen molar-refractivity contribution < 1.29 is 0 Å². The lowest BCUT2D eigenvalue weighted by atomic mass is 10.1. The maximum Gasteiger partial charge on any atom is 0.137 e. The number of imidazole rings is 1. The van der Waals surface area contributed by atoms with Crippen LogP contribution in [0.25, 0.3) is 38.2 Å². The Balaban J connectivity index is 1.29. The van der Waals surface area contributed by atoms with E-state index in [1.807, 2.05) is 11.7 Å². The molecule has 0 unspecified atom stereocenters. The number of hydrogen-bond donors (Lipinski definition) is 0. The summed E-state index contributed by atoms with van der Waals surface area (Å²) < 4.78 is 3.36. The van der Waals surface area contributed by atoms with Gasteiger partial charge in [-0.3, -0.25) is 4.40 Å². The minimum Gasteiger partial charge on any atom is -0.369 e. The molecule has 0 saturated carbocycles. The Morgan fingerprint density at radius 1 is 0.806 bits per heavy atom. The zero-order valence-corrected chi connectivity index (χ0v) is 18.2. The average molecular weight is 426 g/mol. The van der Waals surface area contributed by atoms with Crippen LogP contribution in [0.3, 0.4) is 0 Å². The Kier molecular flexibility index (Phi) is 4.47. The number of pyridine rings is 1. The smallest absolute Gasteiger partial charge is 0.137 e. The Hall–Kier alpha value is -3.22. The van der Waals surface area contributed by atoms with Gasteiger partial charge >= 0.3 is 0 Å². The van der Waals surface area contributed by atoms with E-state index in [1.165, 1.54) is 21.5 Å². The molecule has 154 valence electrons. The molecule has 3 aromatic heterocycles. The molecule has 0 aliphatic carbocycles. The second kappa shape index (κ2) is 7.48. The van der Waals surface area contributed by atoms with Crippen molar-refractivity contribution in [1.82, 2.24) is 19.3 Å². The molecule has 31 heavy (non-hydrogen) atoms. The van der Waals surface area contributed by atoms with Gasteiger partial charge in [0.25, 0.3) is 0 Å². The summed E-state index contributed by atoms with van der Waals surface area (Å²) in [5.74, 6) is 0. The number of hydrogen-bond acceptors (Lipinski definition) is 5. The van der Waals surface area contributed by atoms with Gasteiger partial charge in [-0.2, -0.15) is 0 Å². The molecule has 1 saturated heterocycles. The third kappa shape index (κ3) is 3.38. The van der Waals surface area contributed by atoms with E-state index < -0.39 is 0 Å². The molecule has 6 rings (SSSR count). The molecule has 1 fully saturated rings. The fraction of sp³-hybridized carbons (Fsp3) is 0.200. The van der Waals surface area contributed by atoms with E-state index >= 15 is 0 Å². The second-order valence-corrected chi connectivity index (χ2v) is 9.05. The Morgan fingerprint density at radius 3 is 2.45 bits per heavy atom. The number of nitrogens with zero attached hydrogens (tertiary/aromatic N) is 5. The van der Waals surface area contributed by atoms with Gasteiger partial charge in [0.1, 0.15) is 5.65 Å². The first kappa shape index (κ1) is 18.5. The quantitative estimate of drug-likeness (QED) is 0.406. The first-order chi connectivity index (χ1) is 15.2. The molecule has 5 aromatic rings. The number of anilines is 1. The molecule has 4 heterocycles. The summed E-state index contributed by atoms with van der Waals surface area (Å²) >= 11 is 1.67. The zero-order valence-electron chi connectivity index (χ0n) is 17.4. The lowest BCUT2D eigenvalue weighted by molar-refractivity contribution is 0.313. The summed E-state index contributed by atoms with van der Waals surface area (Å²) in [6.45, 7) is 4.42. The van der Waals surface area contributed by atoms with Gasteiger partial charge in [-0.25, -0.2) is 9.97 Å². The molecular formula is C25H23N5S. The summed E-state index contributed by atoms with van der Waals surface area (Å²) in [4.78, 5) is 14.0. The van der Waals surface area contributed by atoms with E-state index in [0.717, 1.165) is 48.6 Å². The van der Waals surface area contributed by atoms with Crippen molar-refractivity contribution in [3.63, 3.8) is 0 Å². The largest absolute Gasteiger partial charge is 0.369 e. The SMILES string of the molecule is CN1CCN(c2ccc(-c3ccn4c(-c5ccc6scnc6c5)cnc4c3)cc2)CC1. The van der Waals surface area contributed by atoms with Crippen LogP contribution in [-0.2, 0) is 0 Å². The normalized spacial score (nSPS) is 15.2. The van der Waals surface area contributed by atoms with Crippen LogP contribution in [0.1, 0.15) is 0 Å². The van der Waals surface area contributed by atoms with Crippen LogP contribution in [0, 0.1) is 0 Å². The summed E-state index contributed by atoms with van der Waals surface area (Å²) in [7, 11) is 2.19. The molecule has 1 aliphatic rings. The van der Waals surface area contributed by atoms with Crippen LogP contribution in [0.4, 0.5) is 5.69 Å². The molecule has 0 amide bonds. The van der Waals surface area contributed by atoms with Crippen molar-refractivity contribution in [2.75, 3.05) is 38.1 Å². The summed E-state index contributed by atoms with van der Waals surface area (Å²) in [5, 5.41) is 0. The van der Waals surface area contributed by atoms with Crippen LogP contribution in [0.2, 0.25) is 0 Å². The summed E-state index contributed by atoms with van der Waals surface area (Å²) in [6.07, 6.45) is 4.07. The highest BCUT2D eigenvalue weighted by Crippen LogP contribution is 2.29. The molecule has 0 N–H and O–H groups in total. The van der Waals surface area contributed by atoms with E-state index in [-0.39, 0.29) is 0 Å². The van der Waals surface area contributed by atoms with Crippen molar-refractivity contribution in [1.29, 1.82) is 0 Å². The highest BCUT2D eigenvalue weighted by Gasteiger charge is 2.14. The number of fused-ring (bicyclic) bond motifs is 2. The van der Waals surface area contributed by atoms with Crippen LogP contribution < -0.4 is 4.90 Å². The number of piperazine rings is 1. The molecule has 0 spiro atoms. The minimum absolute atomic E-state index is 0.953. The molecule has 0 bridgehead atoms. The van der Waals surface area contributed by atoms with Crippen LogP contribution in [0.15, 0.2) is 72.5 Å². The molecule has 2 aromatic carbocycles. The van der Waals surface area contributed by atoms with E-state index in [1.54, 1.807) is 11.3 Å². The number of benzene rings is 2. The highest BCUT2D eigenvalue weighted by atomic mass is 32.1. The predicted octanol–water partition coefficient (Wildman–Crippen LogP) is 5.03. The highest BCUT2D eigenvalue weighted by molar-refractivity contribution is 7.16. The number of aromatic nitrogens is 3. The van der Waals surface area contributed by atoms with Crippen LogP contribution in [-0.4, -0.2) is 52.5 Å². The van der Waals surface area contributed by atoms with Gasteiger partial charge in [0.2, 0.25) is 0 Å². The Bertz CT molecular complexity index is 1360. The average Bonchev–Trinajstić information content (AvgIpc) is 3.45. The van der Waals surface area contributed by atoms with Crippen molar-refractivity contribution in [3.8, 4) is 22.4 Å². The fourth-order valence-corrected chi connectivity index (χ4v) is 4.98. The van der Waals surface area contributed by atoms with Gasteiger partial charge in [0.05, 0.1) is 27.6 Å². The van der Waals surface area contributed by atoms with Crippen molar-refractivity contribution in [3.05, 3.63) is 72.5 Å². The molecule has 6 heteroatoms. The van der Waals surface area contributed by atoms with Crippen molar-refractivity contribution in [2.45, 2.75) is 0 Å². The molecule has 0 atom stereocenters. The van der Waals surface area contributed by atoms with Gasteiger partial charge in [0, 0.05) is 43.6 Å². The number of thiazole rings is 1. The number of likely N-dealkylation sites (N-methyl/N-ethyl adjacent to an activating group) is 1. The van der Waals surface area contributed by atoms with Gasteiger partial charge in [-0.05, 0) is 54.6 Å². The van der Waals surface area contributed by atoms with Crippen molar-refractivity contribution >= 4 is 32.9 Å². The summed E-state index contributed by atoms with van der Waals surface area (Å²) in [6, 6.07) is 19.7. The topological polar surface area (TPSA) is 36.7 Å². The first-order valence-corrected chi connectivity index (χ1v) is 11.5. The minimum atomic E-state index is 0.953. The van der Waals surface area contributed by atoms with Gasteiger partial charge < -0.3 is 9.80 Å². The maximum atomic E-state index is 4.68. The fourth-order valence-electron chi connectivity index (χ4n) is 4.32. The Morgan fingerprint density at radius 2 is 1.61 bits per heavy atom. The molecule has 5 nitrogen and oxygen atoms in total. The van der Waals surface area contributed by atoms with Gasteiger partial charge in [-0.15, -0.1) is 11.3 Å². The zero-order chi connectivity index (χ0) is 20.8. The lowest BCUT2D eigenvalue weighted by Gasteiger charge is -2.34. The third-order valence-corrected chi connectivity index (χ3v) is 7.02. The molecule has 0 radical (unpaired) electrons. The molecule has 1 aliphatic heterocycles. The van der Waals surface area contributed by atoms with E-state index in [0.29, 0.717) is 0 Å². The first-order valence-electron chi connectivity index (χ1n) is 10.6. The molecular weight excluding hydrogens is 402 g/mol. The maximum absolute atomic E-state index is 4.68. The van der Waals surface area contributed by atoms with E-state index in [4.69, 9.17) is 0 Å². The Labute approximate surface area is 185 Å². The van der Waals surface area contributed by atoms with E-state index in [2.05, 4.69) is 92.0 Å². The van der Waals surface area contributed by atoms with Gasteiger partial charge in [-0.1, -0.05) is 18.2 Å². The lowest BCUT2D eigenvalue weighted by Crippen LogP contribution is -2.44. The van der Waals surface area contributed by atoms with E-state index in [9.17, 15) is 0 Å². The van der Waals surface area contributed by atoms with Crippen molar-refractivity contribution in [2.24, 2.45) is 0 Å². The van der Waals surface area contributed by atoms with Crippen LogP contribution >= 0.6 is 11.3 Å². The second-order valence-electron chi connectivity index (χ2n) is 8.16. The monoisotopic (exact) mass is 425 g/mol. The predicted molar refractivity (Wildman–Crippen MR) is 129 cm³/mol. The standard InChI is InChI=1S/C25H23N5S/c1-28-10-12-29(13-11-28)21-5-2-18(3-6-21)19-8-9-30-23(16-26-25(30)15-19)20-4-7-24-22(14-20)27-17-31-24/h2-9,14-17H,10-13H2,1H3.